The Morgan fingerprint density at radius 2 is 1.64 bits per heavy atom. The highest BCUT2D eigenvalue weighted by molar-refractivity contribution is 7.12. The molecule has 0 saturated heterocycles. The van der Waals surface area contributed by atoms with Crippen molar-refractivity contribution in [2.24, 2.45) is 5.92 Å². The smallest absolute Gasteiger partial charge is 0.326 e. The second kappa shape index (κ2) is 13.0. The quantitative estimate of drug-likeness (QED) is 0.177. The van der Waals surface area contributed by atoms with E-state index in [0.717, 1.165) is 34.2 Å². The van der Waals surface area contributed by atoms with Crippen LogP contribution in [0.2, 0.25) is 0 Å². The SMILES string of the molecule is CC(C)c1ccc(C[C@H](NC(=O)c2cc3ccc(C(=O)c4ccc(C(C)(C)C)cc4)cc3c(CC3CCCC3)n2)C(=O)O)s1. The molecule has 2 N–H and O–H groups in total. The van der Waals surface area contributed by atoms with Gasteiger partial charge in [0.25, 0.3) is 5.91 Å². The number of amides is 1. The van der Waals surface area contributed by atoms with Crippen LogP contribution in [0.4, 0.5) is 0 Å². The van der Waals surface area contributed by atoms with Crippen LogP contribution in [-0.2, 0) is 23.1 Å². The van der Waals surface area contributed by atoms with E-state index in [1.165, 1.54) is 23.3 Å². The number of nitrogens with zero attached hydrogens (tertiary/aromatic N) is 1. The fraction of sp³-hybridized carbons (Fsp3) is 0.405. The number of aromatic nitrogens is 1. The Morgan fingerprint density at radius 3 is 2.25 bits per heavy atom. The molecular formula is C37H42N2O4S. The molecule has 1 aliphatic carbocycles. The molecule has 2 heterocycles. The molecule has 1 aliphatic rings. The summed E-state index contributed by atoms with van der Waals surface area (Å²) in [7, 11) is 0. The molecule has 44 heavy (non-hydrogen) atoms. The Labute approximate surface area is 263 Å². The summed E-state index contributed by atoms with van der Waals surface area (Å²) in [5, 5.41) is 14.3. The molecule has 0 unspecified atom stereocenters. The third kappa shape index (κ3) is 7.27. The number of thiophene rings is 1. The van der Waals surface area contributed by atoms with E-state index in [0.29, 0.717) is 29.4 Å². The third-order valence-electron chi connectivity index (χ3n) is 8.64. The van der Waals surface area contributed by atoms with E-state index >= 15 is 0 Å². The summed E-state index contributed by atoms with van der Waals surface area (Å²) in [6.07, 6.45) is 5.50. The maximum absolute atomic E-state index is 13.5. The van der Waals surface area contributed by atoms with Crippen LogP contribution in [-0.4, -0.2) is 33.8 Å². The molecule has 0 spiro atoms. The molecule has 1 amide bonds. The average molecular weight is 611 g/mol. The summed E-state index contributed by atoms with van der Waals surface area (Å²) in [4.78, 5) is 46.0. The van der Waals surface area contributed by atoms with Crippen molar-refractivity contribution in [3.8, 4) is 0 Å². The molecule has 230 valence electrons. The van der Waals surface area contributed by atoms with E-state index in [9.17, 15) is 19.5 Å². The van der Waals surface area contributed by atoms with E-state index in [-0.39, 0.29) is 23.3 Å². The fourth-order valence-corrected chi connectivity index (χ4v) is 7.02. The maximum Gasteiger partial charge on any atom is 0.326 e. The lowest BCUT2D eigenvalue weighted by Crippen LogP contribution is -2.42. The molecule has 2 aromatic heterocycles. The van der Waals surface area contributed by atoms with Crippen LogP contribution in [0.5, 0.6) is 0 Å². The highest BCUT2D eigenvalue weighted by Gasteiger charge is 2.25. The molecule has 1 atom stereocenters. The van der Waals surface area contributed by atoms with Crippen molar-refractivity contribution in [1.82, 2.24) is 10.3 Å². The van der Waals surface area contributed by atoms with Gasteiger partial charge in [-0.25, -0.2) is 9.78 Å². The predicted octanol–water partition coefficient (Wildman–Crippen LogP) is 8.11. The highest BCUT2D eigenvalue weighted by Crippen LogP contribution is 2.31. The third-order valence-corrected chi connectivity index (χ3v) is 10.0. The molecule has 6 nitrogen and oxygen atoms in total. The van der Waals surface area contributed by atoms with Crippen molar-refractivity contribution < 1.29 is 19.5 Å². The summed E-state index contributed by atoms with van der Waals surface area (Å²) in [5.74, 6) is -0.819. The molecular weight excluding hydrogens is 568 g/mol. The van der Waals surface area contributed by atoms with Gasteiger partial charge in [0.2, 0.25) is 0 Å². The molecule has 5 rings (SSSR count). The Hall–Kier alpha value is -3.84. The normalized spacial score (nSPS) is 14.7. The number of rotatable bonds is 10. The Kier molecular flexibility index (Phi) is 9.35. The van der Waals surface area contributed by atoms with Crippen LogP contribution in [0, 0.1) is 5.92 Å². The number of carboxylic acid groups (broad SMARTS) is 1. The second-order valence-electron chi connectivity index (χ2n) is 13.4. The van der Waals surface area contributed by atoms with Crippen LogP contribution in [0.25, 0.3) is 10.8 Å². The monoisotopic (exact) mass is 610 g/mol. The van der Waals surface area contributed by atoms with Crippen molar-refractivity contribution in [1.29, 1.82) is 0 Å². The molecule has 0 bridgehead atoms. The van der Waals surface area contributed by atoms with E-state index in [4.69, 9.17) is 4.98 Å². The first-order chi connectivity index (χ1) is 20.9. The Morgan fingerprint density at radius 1 is 0.955 bits per heavy atom. The molecule has 1 saturated carbocycles. The van der Waals surface area contributed by atoms with Gasteiger partial charge in [-0.05, 0) is 58.9 Å². The number of benzene rings is 2. The zero-order valence-electron chi connectivity index (χ0n) is 26.3. The van der Waals surface area contributed by atoms with Gasteiger partial charge in [-0.1, -0.05) is 96.7 Å². The van der Waals surface area contributed by atoms with Gasteiger partial charge < -0.3 is 10.4 Å². The van der Waals surface area contributed by atoms with Crippen LogP contribution in [0.15, 0.2) is 60.7 Å². The molecule has 1 fully saturated rings. The number of carboxylic acids is 1. The highest BCUT2D eigenvalue weighted by atomic mass is 32.1. The lowest BCUT2D eigenvalue weighted by atomic mass is 9.86. The van der Waals surface area contributed by atoms with E-state index in [1.807, 2.05) is 48.5 Å². The van der Waals surface area contributed by atoms with Crippen LogP contribution < -0.4 is 5.32 Å². The van der Waals surface area contributed by atoms with Crippen LogP contribution >= 0.6 is 11.3 Å². The summed E-state index contributed by atoms with van der Waals surface area (Å²) in [6.45, 7) is 10.6. The van der Waals surface area contributed by atoms with Crippen molar-refractivity contribution in [3.63, 3.8) is 0 Å². The first-order valence-electron chi connectivity index (χ1n) is 15.6. The van der Waals surface area contributed by atoms with Gasteiger partial charge in [0.15, 0.2) is 5.78 Å². The molecule has 0 aliphatic heterocycles. The minimum Gasteiger partial charge on any atom is -0.480 e. The van der Waals surface area contributed by atoms with Crippen molar-refractivity contribution in [2.45, 2.75) is 90.5 Å². The maximum atomic E-state index is 13.5. The fourth-order valence-electron chi connectivity index (χ4n) is 5.95. The van der Waals surface area contributed by atoms with Gasteiger partial charge in [0.05, 0.1) is 0 Å². The van der Waals surface area contributed by atoms with Gasteiger partial charge in [-0.2, -0.15) is 0 Å². The number of hydrogen-bond donors (Lipinski definition) is 2. The first-order valence-corrected chi connectivity index (χ1v) is 16.4. The van der Waals surface area contributed by atoms with Gasteiger partial charge in [0, 0.05) is 38.4 Å². The largest absolute Gasteiger partial charge is 0.480 e. The molecule has 0 radical (unpaired) electrons. The number of fused-ring (bicyclic) bond motifs is 1. The second-order valence-corrected chi connectivity index (χ2v) is 14.6. The van der Waals surface area contributed by atoms with E-state index in [2.05, 4.69) is 39.9 Å². The zero-order chi connectivity index (χ0) is 31.6. The number of aliphatic carboxylic acids is 1. The van der Waals surface area contributed by atoms with Crippen LogP contribution in [0.1, 0.15) is 114 Å². The van der Waals surface area contributed by atoms with E-state index < -0.39 is 17.9 Å². The molecule has 4 aromatic rings. The Bertz CT molecular complexity index is 1670. The predicted molar refractivity (Wildman–Crippen MR) is 177 cm³/mol. The van der Waals surface area contributed by atoms with Gasteiger partial charge in [0.1, 0.15) is 11.7 Å². The first kappa shape index (κ1) is 31.6. The minimum absolute atomic E-state index is 0.00106. The topological polar surface area (TPSA) is 96.4 Å². The Balaban J connectivity index is 1.44. The van der Waals surface area contributed by atoms with Crippen molar-refractivity contribution in [2.75, 3.05) is 0 Å². The summed E-state index contributed by atoms with van der Waals surface area (Å²) in [5.41, 5.74) is 3.36. The number of nitrogens with one attached hydrogen (secondary N) is 1. The number of carbonyl (C=O) groups excluding carboxylic acids is 2. The lowest BCUT2D eigenvalue weighted by molar-refractivity contribution is -0.139. The van der Waals surface area contributed by atoms with Gasteiger partial charge in [-0.3, -0.25) is 9.59 Å². The lowest BCUT2D eigenvalue weighted by Gasteiger charge is -2.19. The van der Waals surface area contributed by atoms with Crippen molar-refractivity contribution in [3.05, 3.63) is 98.5 Å². The summed E-state index contributed by atoms with van der Waals surface area (Å²) < 4.78 is 0. The zero-order valence-corrected chi connectivity index (χ0v) is 27.1. The number of hydrogen-bond acceptors (Lipinski definition) is 5. The standard InChI is InChI=1S/C37H42N2O4S/c1-22(2)33-17-16-28(44-33)21-32(36(42)43)39-35(41)31-20-25-10-11-26(19-29(25)30(38-31)18-23-8-6-7-9-23)34(40)24-12-14-27(15-13-24)37(3,4)5/h10-17,19-20,22-23,32H,6-9,18,21H2,1-5H3,(H,39,41)(H,42,43)/t32-/m0/s1. The molecule has 7 heteroatoms. The van der Waals surface area contributed by atoms with Crippen LogP contribution in [0.3, 0.4) is 0 Å². The minimum atomic E-state index is -1.08. The van der Waals surface area contributed by atoms with E-state index in [1.54, 1.807) is 23.5 Å². The number of carbonyl (C=O) groups is 3. The number of pyridine rings is 1. The molecule has 2 aromatic carbocycles. The number of ketones is 1. The van der Waals surface area contributed by atoms with Gasteiger partial charge >= 0.3 is 5.97 Å². The van der Waals surface area contributed by atoms with Gasteiger partial charge in [-0.15, -0.1) is 11.3 Å². The average Bonchev–Trinajstić information content (AvgIpc) is 3.68. The van der Waals surface area contributed by atoms with Crippen molar-refractivity contribution >= 4 is 39.8 Å². The summed E-state index contributed by atoms with van der Waals surface area (Å²) >= 11 is 1.58. The summed E-state index contributed by atoms with van der Waals surface area (Å²) in [6, 6.07) is 18.0.